The van der Waals surface area contributed by atoms with E-state index in [0.717, 1.165) is 0 Å². The van der Waals surface area contributed by atoms with Gasteiger partial charge in [0.2, 0.25) is 5.91 Å². The van der Waals surface area contributed by atoms with Crippen LogP contribution < -0.4 is 16.4 Å². The van der Waals surface area contributed by atoms with E-state index in [2.05, 4.69) is 10.6 Å². The lowest BCUT2D eigenvalue weighted by molar-refractivity contribution is -0.121. The Labute approximate surface area is 108 Å². The second-order valence-corrected chi connectivity index (χ2v) is 5.23. The predicted octanol–water partition coefficient (Wildman–Crippen LogP) is -0.110. The largest absolute Gasteiger partial charge is 0.336 e. The predicted molar refractivity (Wildman–Crippen MR) is 70.0 cm³/mol. The van der Waals surface area contributed by atoms with Gasteiger partial charge in [-0.05, 0) is 39.7 Å². The zero-order chi connectivity index (χ0) is 13.7. The minimum atomic E-state index is -0.445. The molecule has 1 saturated carbocycles. The molecule has 3 amide bonds. The number of hydrogen-bond donors (Lipinski definition) is 3. The monoisotopic (exact) mass is 256 g/mol. The molecule has 6 nitrogen and oxygen atoms in total. The highest BCUT2D eigenvalue weighted by molar-refractivity contribution is 5.95. The van der Waals surface area contributed by atoms with Gasteiger partial charge in [0.1, 0.15) is 0 Å². The summed E-state index contributed by atoms with van der Waals surface area (Å²) < 4.78 is 0. The third-order valence-electron chi connectivity index (χ3n) is 3.04. The average molecular weight is 256 g/mol. The summed E-state index contributed by atoms with van der Waals surface area (Å²) >= 11 is 0. The van der Waals surface area contributed by atoms with Gasteiger partial charge in [0, 0.05) is 18.6 Å². The van der Waals surface area contributed by atoms with Gasteiger partial charge < -0.3 is 11.1 Å². The molecule has 0 radical (unpaired) electrons. The highest BCUT2D eigenvalue weighted by Gasteiger charge is 2.33. The van der Waals surface area contributed by atoms with Crippen LogP contribution in [-0.2, 0) is 4.79 Å². The van der Waals surface area contributed by atoms with E-state index >= 15 is 0 Å². The van der Waals surface area contributed by atoms with E-state index in [0.29, 0.717) is 12.5 Å². The van der Waals surface area contributed by atoms with Crippen molar-refractivity contribution in [2.24, 2.45) is 11.7 Å². The van der Waals surface area contributed by atoms with Crippen molar-refractivity contribution >= 4 is 11.9 Å². The van der Waals surface area contributed by atoms with Gasteiger partial charge in [0.15, 0.2) is 0 Å². The second-order valence-electron chi connectivity index (χ2n) is 5.23. The van der Waals surface area contributed by atoms with Gasteiger partial charge in [-0.1, -0.05) is 0 Å². The lowest BCUT2D eigenvalue weighted by Crippen LogP contribution is -2.49. The van der Waals surface area contributed by atoms with E-state index in [4.69, 9.17) is 5.73 Å². The summed E-state index contributed by atoms with van der Waals surface area (Å²) in [5, 5.41) is 4.92. The summed E-state index contributed by atoms with van der Waals surface area (Å²) in [7, 11) is 1.87. The zero-order valence-electron chi connectivity index (χ0n) is 11.4. The molecule has 0 aromatic rings. The Bertz CT molecular complexity index is 302. The Morgan fingerprint density at radius 1 is 1.39 bits per heavy atom. The van der Waals surface area contributed by atoms with Crippen LogP contribution >= 0.6 is 0 Å². The van der Waals surface area contributed by atoms with E-state index in [1.54, 1.807) is 0 Å². The molecule has 0 aromatic carbocycles. The van der Waals surface area contributed by atoms with Crippen LogP contribution in [0.5, 0.6) is 0 Å². The maximum atomic E-state index is 11.7. The van der Waals surface area contributed by atoms with E-state index in [1.165, 1.54) is 12.8 Å². The van der Waals surface area contributed by atoms with Crippen LogP contribution in [0.4, 0.5) is 4.79 Å². The van der Waals surface area contributed by atoms with Crippen molar-refractivity contribution in [1.29, 1.82) is 0 Å². The number of carbonyl (C=O) groups excluding carboxylic acids is 2. The maximum Gasteiger partial charge on any atom is 0.321 e. The number of urea groups is 1. The molecular formula is C12H24N4O2. The first-order chi connectivity index (χ1) is 8.43. The Morgan fingerprint density at radius 3 is 2.44 bits per heavy atom. The van der Waals surface area contributed by atoms with E-state index in [9.17, 15) is 9.59 Å². The third kappa shape index (κ3) is 5.01. The molecule has 0 bridgehead atoms. The van der Waals surface area contributed by atoms with Gasteiger partial charge in [0.05, 0.1) is 6.54 Å². The fourth-order valence-corrected chi connectivity index (χ4v) is 2.02. The second kappa shape index (κ2) is 6.70. The van der Waals surface area contributed by atoms with Crippen LogP contribution in [0.25, 0.3) is 0 Å². The molecule has 0 spiro atoms. The number of nitrogens with two attached hydrogens (primary N) is 1. The first-order valence-corrected chi connectivity index (χ1v) is 6.44. The molecule has 6 heteroatoms. The topological polar surface area (TPSA) is 87.5 Å². The van der Waals surface area contributed by atoms with Gasteiger partial charge >= 0.3 is 6.03 Å². The molecular weight excluding hydrogens is 232 g/mol. The van der Waals surface area contributed by atoms with E-state index in [-0.39, 0.29) is 24.5 Å². The number of rotatable bonds is 6. The van der Waals surface area contributed by atoms with Crippen molar-refractivity contribution in [3.63, 3.8) is 0 Å². The molecule has 1 fully saturated rings. The number of nitrogens with one attached hydrogen (secondary N) is 2. The van der Waals surface area contributed by atoms with Gasteiger partial charge in [-0.25, -0.2) is 4.79 Å². The highest BCUT2D eigenvalue weighted by Crippen LogP contribution is 2.34. The fourth-order valence-electron chi connectivity index (χ4n) is 2.02. The van der Waals surface area contributed by atoms with Crippen molar-refractivity contribution in [2.45, 2.75) is 38.8 Å². The van der Waals surface area contributed by atoms with Crippen molar-refractivity contribution in [1.82, 2.24) is 15.5 Å². The number of hydrogen-bond acceptors (Lipinski definition) is 4. The molecule has 0 heterocycles. The maximum absolute atomic E-state index is 11.7. The van der Waals surface area contributed by atoms with Gasteiger partial charge in [0.25, 0.3) is 0 Å². The summed E-state index contributed by atoms with van der Waals surface area (Å²) in [6.07, 6.45) is 2.36. The Balaban J connectivity index is 2.32. The summed E-state index contributed by atoms with van der Waals surface area (Å²) in [5.41, 5.74) is 5.70. The molecule has 4 N–H and O–H groups in total. The van der Waals surface area contributed by atoms with Crippen LogP contribution in [-0.4, -0.2) is 49.1 Å². The van der Waals surface area contributed by atoms with Crippen molar-refractivity contribution < 1.29 is 9.59 Å². The summed E-state index contributed by atoms with van der Waals surface area (Å²) in [6.45, 7) is 4.43. The van der Waals surface area contributed by atoms with E-state index in [1.807, 2.05) is 25.8 Å². The van der Waals surface area contributed by atoms with Crippen molar-refractivity contribution in [2.75, 3.05) is 20.1 Å². The normalized spacial score (nSPS) is 16.8. The van der Waals surface area contributed by atoms with Gasteiger partial charge in [-0.3, -0.25) is 15.0 Å². The highest BCUT2D eigenvalue weighted by atomic mass is 16.2. The molecule has 1 aliphatic carbocycles. The van der Waals surface area contributed by atoms with Crippen molar-refractivity contribution in [3.05, 3.63) is 0 Å². The number of nitrogens with zero attached hydrogens (tertiary/aromatic N) is 1. The molecule has 0 aliphatic heterocycles. The first kappa shape index (κ1) is 14.9. The van der Waals surface area contributed by atoms with E-state index < -0.39 is 6.03 Å². The summed E-state index contributed by atoms with van der Waals surface area (Å²) in [6, 6.07) is -0.193. The molecule has 104 valence electrons. The number of amides is 3. The number of imide groups is 1. The fraction of sp³-hybridized carbons (Fsp3) is 0.833. The zero-order valence-corrected chi connectivity index (χ0v) is 11.4. The van der Waals surface area contributed by atoms with Crippen molar-refractivity contribution in [3.8, 4) is 0 Å². The average Bonchev–Trinajstić information content (AvgIpc) is 3.00. The molecule has 0 aromatic heterocycles. The summed E-state index contributed by atoms with van der Waals surface area (Å²) in [4.78, 5) is 24.9. The first-order valence-electron chi connectivity index (χ1n) is 6.44. The molecule has 18 heavy (non-hydrogen) atoms. The van der Waals surface area contributed by atoms with Crippen LogP contribution in [0.1, 0.15) is 26.7 Å². The lowest BCUT2D eigenvalue weighted by Gasteiger charge is -2.26. The molecule has 1 aliphatic rings. The molecule has 1 unspecified atom stereocenters. The summed E-state index contributed by atoms with van der Waals surface area (Å²) in [5.74, 6) is 0.312. The Hall–Kier alpha value is -1.14. The number of carbonyl (C=O) groups is 2. The lowest BCUT2D eigenvalue weighted by atomic mass is 10.1. The molecule has 1 rings (SSSR count). The Kier molecular flexibility index (Phi) is 5.55. The standard InChI is InChI=1S/C12H24N4O2/c1-8(2)14-12(18)15-11(17)7-16(3)10(6-13)9-4-5-9/h8-10H,4-7,13H2,1-3H3,(H2,14,15,17,18). The number of likely N-dealkylation sites (N-methyl/N-ethyl adjacent to an activating group) is 1. The van der Waals surface area contributed by atoms with Crippen LogP contribution in [0.2, 0.25) is 0 Å². The van der Waals surface area contributed by atoms with Gasteiger partial charge in [-0.2, -0.15) is 0 Å². The molecule has 1 atom stereocenters. The van der Waals surface area contributed by atoms with Crippen LogP contribution in [0.15, 0.2) is 0 Å². The third-order valence-corrected chi connectivity index (χ3v) is 3.04. The SMILES string of the molecule is CC(C)NC(=O)NC(=O)CN(C)C(CN)C1CC1. The smallest absolute Gasteiger partial charge is 0.321 e. The van der Waals surface area contributed by atoms with Crippen LogP contribution in [0.3, 0.4) is 0 Å². The quantitative estimate of drug-likeness (QED) is 0.619. The Morgan fingerprint density at radius 2 is 2.00 bits per heavy atom. The minimum absolute atomic E-state index is 0.0128. The molecule has 0 saturated heterocycles. The van der Waals surface area contributed by atoms with Crippen LogP contribution in [0, 0.1) is 5.92 Å². The van der Waals surface area contributed by atoms with Gasteiger partial charge in [-0.15, -0.1) is 0 Å². The minimum Gasteiger partial charge on any atom is -0.336 e.